The van der Waals surface area contributed by atoms with E-state index in [4.69, 9.17) is 0 Å². The monoisotopic (exact) mass is 178 g/mol. The molecule has 0 unspecified atom stereocenters. The molecule has 0 amide bonds. The van der Waals surface area contributed by atoms with Gasteiger partial charge in [0.2, 0.25) is 0 Å². The quantitative estimate of drug-likeness (QED) is 0.738. The highest BCUT2D eigenvalue weighted by Crippen LogP contribution is 2.12. The number of rotatable bonds is 2. The van der Waals surface area contributed by atoms with Crippen LogP contribution >= 0.6 is 0 Å². The first-order valence-electron chi connectivity index (χ1n) is 4.59. The highest BCUT2D eigenvalue weighted by Gasteiger charge is 2.01. The molecule has 0 aliphatic carbocycles. The molecule has 1 heterocycles. The fraction of sp³-hybridized carbons (Fsp3) is 0.364. The van der Waals surface area contributed by atoms with Crippen molar-refractivity contribution < 1.29 is 0 Å². The number of hydrogen-bond acceptors (Lipinski definition) is 1. The minimum absolute atomic E-state index is 0.958. The van der Waals surface area contributed by atoms with Gasteiger partial charge in [0.15, 0.2) is 0 Å². The van der Waals surface area contributed by atoms with Crippen molar-refractivity contribution in [2.45, 2.75) is 27.7 Å². The molecular weight excluding hydrogens is 160 g/mol. The van der Waals surface area contributed by atoms with Crippen molar-refractivity contribution in [2.75, 3.05) is 0 Å². The van der Waals surface area contributed by atoms with E-state index >= 15 is 0 Å². The standard InChI is InChI=1S/C9H12N2.C2H6/c1-4-6-9-8(5-2)7(3)10-11-9;1-2/h4-6H,2H2,1,3H3,(H,10,11);1-2H3/b6-4-;. The molecule has 0 spiro atoms. The molecule has 1 aromatic heterocycles. The summed E-state index contributed by atoms with van der Waals surface area (Å²) >= 11 is 0. The van der Waals surface area contributed by atoms with Gasteiger partial charge in [-0.1, -0.05) is 32.6 Å². The van der Waals surface area contributed by atoms with Gasteiger partial charge in [0.25, 0.3) is 0 Å². The van der Waals surface area contributed by atoms with Crippen LogP contribution in [-0.4, -0.2) is 10.2 Å². The summed E-state index contributed by atoms with van der Waals surface area (Å²) in [7, 11) is 0. The van der Waals surface area contributed by atoms with E-state index in [1.54, 1.807) is 0 Å². The van der Waals surface area contributed by atoms with E-state index in [2.05, 4.69) is 16.8 Å². The average molecular weight is 178 g/mol. The summed E-state index contributed by atoms with van der Waals surface area (Å²) in [6, 6.07) is 0. The lowest BCUT2D eigenvalue weighted by Gasteiger charge is -1.88. The Morgan fingerprint density at radius 2 is 2.00 bits per heavy atom. The van der Waals surface area contributed by atoms with E-state index in [0.29, 0.717) is 0 Å². The van der Waals surface area contributed by atoms with Crippen molar-refractivity contribution in [1.29, 1.82) is 0 Å². The van der Waals surface area contributed by atoms with Crippen LogP contribution < -0.4 is 0 Å². The highest BCUT2D eigenvalue weighted by atomic mass is 15.1. The summed E-state index contributed by atoms with van der Waals surface area (Å²) in [5.41, 5.74) is 3.11. The summed E-state index contributed by atoms with van der Waals surface area (Å²) in [6.45, 7) is 11.7. The lowest BCUT2D eigenvalue weighted by Crippen LogP contribution is -1.75. The van der Waals surface area contributed by atoms with Gasteiger partial charge in [-0.15, -0.1) is 0 Å². The molecule has 0 bridgehead atoms. The lowest BCUT2D eigenvalue weighted by atomic mass is 10.2. The van der Waals surface area contributed by atoms with Gasteiger partial charge in [-0.2, -0.15) is 5.10 Å². The van der Waals surface area contributed by atoms with Crippen LogP contribution in [0.5, 0.6) is 0 Å². The molecule has 0 aliphatic rings. The molecule has 72 valence electrons. The summed E-state index contributed by atoms with van der Waals surface area (Å²) < 4.78 is 0. The summed E-state index contributed by atoms with van der Waals surface area (Å²) in [5, 5.41) is 6.99. The van der Waals surface area contributed by atoms with Crippen LogP contribution in [0.15, 0.2) is 12.7 Å². The smallest absolute Gasteiger partial charge is 0.0920 e. The maximum absolute atomic E-state index is 4.09. The predicted octanol–water partition coefficient (Wildman–Crippen LogP) is 3.42. The molecule has 0 radical (unpaired) electrons. The molecule has 0 atom stereocenters. The second kappa shape index (κ2) is 6.23. The third-order valence-electron chi connectivity index (χ3n) is 1.55. The molecule has 0 aliphatic heterocycles. The van der Waals surface area contributed by atoms with Gasteiger partial charge in [-0.3, -0.25) is 5.10 Å². The fourth-order valence-electron chi connectivity index (χ4n) is 0.999. The predicted molar refractivity (Wildman–Crippen MR) is 59.5 cm³/mol. The molecule has 0 saturated heterocycles. The van der Waals surface area contributed by atoms with Crippen molar-refractivity contribution in [3.8, 4) is 0 Å². The minimum Gasteiger partial charge on any atom is -0.282 e. The maximum Gasteiger partial charge on any atom is 0.0920 e. The van der Waals surface area contributed by atoms with Gasteiger partial charge < -0.3 is 0 Å². The largest absolute Gasteiger partial charge is 0.282 e. The van der Waals surface area contributed by atoms with Gasteiger partial charge >= 0.3 is 0 Å². The fourth-order valence-corrected chi connectivity index (χ4v) is 0.999. The number of aromatic nitrogens is 2. The molecule has 1 N–H and O–H groups in total. The van der Waals surface area contributed by atoms with Crippen molar-refractivity contribution in [2.24, 2.45) is 0 Å². The Kier molecular flexibility index (Phi) is 5.60. The molecule has 1 rings (SSSR count). The Balaban J connectivity index is 0.000000671. The summed E-state index contributed by atoms with van der Waals surface area (Å²) in [5.74, 6) is 0. The third kappa shape index (κ3) is 2.90. The van der Waals surface area contributed by atoms with Crippen LogP contribution in [0.1, 0.15) is 37.7 Å². The SMILES string of the molecule is C=Cc1c(/C=C\C)n[nH]c1C.CC. The summed E-state index contributed by atoms with van der Waals surface area (Å²) in [6.07, 6.45) is 5.73. The number of H-pyrrole nitrogens is 1. The normalized spacial score (nSPS) is 9.54. The first kappa shape index (κ1) is 11.7. The van der Waals surface area contributed by atoms with E-state index in [0.717, 1.165) is 17.0 Å². The third-order valence-corrected chi connectivity index (χ3v) is 1.55. The van der Waals surface area contributed by atoms with E-state index in [-0.39, 0.29) is 0 Å². The number of allylic oxidation sites excluding steroid dienone is 1. The number of aryl methyl sites for hydroxylation is 1. The molecule has 0 saturated carbocycles. The van der Waals surface area contributed by atoms with Gasteiger partial charge in [-0.05, 0) is 19.9 Å². The molecular formula is C11H18N2. The second-order valence-electron chi connectivity index (χ2n) is 2.35. The number of hydrogen-bond donors (Lipinski definition) is 1. The Morgan fingerprint density at radius 1 is 1.38 bits per heavy atom. The first-order valence-corrected chi connectivity index (χ1v) is 4.59. The Bertz CT molecular complexity index is 282. The zero-order valence-corrected chi connectivity index (χ0v) is 8.89. The van der Waals surface area contributed by atoms with Crippen LogP contribution in [0, 0.1) is 6.92 Å². The Morgan fingerprint density at radius 3 is 2.46 bits per heavy atom. The molecule has 13 heavy (non-hydrogen) atoms. The van der Waals surface area contributed by atoms with E-state index in [1.807, 2.05) is 45.9 Å². The van der Waals surface area contributed by atoms with Crippen LogP contribution in [0.2, 0.25) is 0 Å². The zero-order chi connectivity index (χ0) is 10.3. The van der Waals surface area contributed by atoms with Gasteiger partial charge in [0, 0.05) is 11.3 Å². The van der Waals surface area contributed by atoms with Crippen molar-refractivity contribution in [3.63, 3.8) is 0 Å². The number of aromatic amines is 1. The lowest BCUT2D eigenvalue weighted by molar-refractivity contribution is 1.04. The molecule has 0 aromatic carbocycles. The average Bonchev–Trinajstić information content (AvgIpc) is 2.51. The second-order valence-corrected chi connectivity index (χ2v) is 2.35. The molecule has 1 aromatic rings. The minimum atomic E-state index is 0.958. The van der Waals surface area contributed by atoms with Crippen molar-refractivity contribution >= 4 is 12.2 Å². The molecule has 2 heteroatoms. The highest BCUT2D eigenvalue weighted by molar-refractivity contribution is 5.62. The molecule has 0 fully saturated rings. The maximum atomic E-state index is 4.09. The zero-order valence-electron chi connectivity index (χ0n) is 8.89. The number of nitrogens with one attached hydrogen (secondary N) is 1. The summed E-state index contributed by atoms with van der Waals surface area (Å²) in [4.78, 5) is 0. The number of nitrogens with zero attached hydrogens (tertiary/aromatic N) is 1. The van der Waals surface area contributed by atoms with Crippen LogP contribution in [0.25, 0.3) is 12.2 Å². The van der Waals surface area contributed by atoms with E-state index < -0.39 is 0 Å². The van der Waals surface area contributed by atoms with Gasteiger partial charge in [0.1, 0.15) is 0 Å². The van der Waals surface area contributed by atoms with Crippen LogP contribution in [0.3, 0.4) is 0 Å². The topological polar surface area (TPSA) is 28.7 Å². The van der Waals surface area contributed by atoms with Crippen LogP contribution in [0.4, 0.5) is 0 Å². The van der Waals surface area contributed by atoms with E-state index in [9.17, 15) is 0 Å². The van der Waals surface area contributed by atoms with Crippen molar-refractivity contribution in [1.82, 2.24) is 10.2 Å². The first-order chi connectivity index (χ1) is 6.29. The Labute approximate surface area is 80.4 Å². The van der Waals surface area contributed by atoms with E-state index in [1.165, 1.54) is 0 Å². The van der Waals surface area contributed by atoms with Crippen LogP contribution in [-0.2, 0) is 0 Å². The van der Waals surface area contributed by atoms with Gasteiger partial charge in [-0.25, -0.2) is 0 Å². The van der Waals surface area contributed by atoms with Gasteiger partial charge in [0.05, 0.1) is 5.69 Å². The molecule has 2 nitrogen and oxygen atoms in total. The van der Waals surface area contributed by atoms with Crippen molar-refractivity contribution in [3.05, 3.63) is 29.6 Å². The Hall–Kier alpha value is -1.31.